The number of benzene rings is 3. The van der Waals surface area contributed by atoms with E-state index in [1.165, 1.54) is 38.1 Å². The van der Waals surface area contributed by atoms with E-state index in [0.29, 0.717) is 11.3 Å². The van der Waals surface area contributed by atoms with Crippen LogP contribution in [0.5, 0.6) is 11.5 Å². The van der Waals surface area contributed by atoms with Crippen LogP contribution in [0.1, 0.15) is 12.5 Å². The van der Waals surface area contributed by atoms with Gasteiger partial charge < -0.3 is 24.8 Å². The molecule has 0 bridgehead atoms. The van der Waals surface area contributed by atoms with E-state index in [4.69, 9.17) is 9.47 Å². The van der Waals surface area contributed by atoms with E-state index in [0.717, 1.165) is 20.1 Å². The first-order chi connectivity index (χ1) is 17.6. The Morgan fingerprint density at radius 3 is 2.76 bits per heavy atom. The molecule has 4 rings (SSSR count). The van der Waals surface area contributed by atoms with E-state index in [2.05, 4.69) is 21.2 Å². The summed E-state index contributed by atoms with van der Waals surface area (Å²) in [6.45, 7) is 1.06. The number of hydrogen-bond acceptors (Lipinski definition) is 5. The molecule has 3 aromatic carbocycles. The first-order valence-corrected chi connectivity index (χ1v) is 12.2. The Morgan fingerprint density at radius 2 is 2.05 bits per heavy atom. The van der Waals surface area contributed by atoms with Crippen molar-refractivity contribution in [2.24, 2.45) is 0 Å². The number of rotatable bonds is 6. The van der Waals surface area contributed by atoms with Gasteiger partial charge in [0.05, 0.1) is 19.3 Å². The molecule has 0 saturated heterocycles. The van der Waals surface area contributed by atoms with Gasteiger partial charge in [-0.15, -0.1) is 0 Å². The predicted octanol–water partition coefficient (Wildman–Crippen LogP) is 4.16. The summed E-state index contributed by atoms with van der Waals surface area (Å²) < 4.78 is 26.9. The van der Waals surface area contributed by atoms with Gasteiger partial charge in [0.25, 0.3) is 5.91 Å². The SMILES string of the molecule is COc1ccc2cc(Br)ccc2c1CN1C(=O)[C@@H](NC(=O)[C@H](C)N(C)C(=O)O)COc2c(F)cccc21. The normalized spacial score (nSPS) is 15.9. The van der Waals surface area contributed by atoms with Crippen molar-refractivity contribution in [1.29, 1.82) is 0 Å². The molecule has 9 nitrogen and oxygen atoms in total. The highest BCUT2D eigenvalue weighted by Crippen LogP contribution is 2.38. The second-order valence-corrected chi connectivity index (χ2v) is 9.48. The molecule has 37 heavy (non-hydrogen) atoms. The number of para-hydroxylation sites is 1. The Kier molecular flexibility index (Phi) is 7.53. The maximum atomic E-state index is 14.8. The molecule has 11 heteroatoms. The lowest BCUT2D eigenvalue weighted by atomic mass is 10.0. The second-order valence-electron chi connectivity index (χ2n) is 8.57. The standard InChI is InChI=1S/C26H25BrFN3O6/c1-14(30(2)26(34)35)24(32)29-20-13-37-23-19(28)5-4-6-21(23)31(25(20)33)12-18-17-9-8-16(27)11-15(17)7-10-22(18)36-3/h4-11,14,20H,12-13H2,1-3H3,(H,29,32)(H,34,35)/t14-,20-/m0/s1. The first-order valence-electron chi connectivity index (χ1n) is 11.4. The summed E-state index contributed by atoms with van der Waals surface area (Å²) in [4.78, 5) is 40.0. The molecular weight excluding hydrogens is 549 g/mol. The van der Waals surface area contributed by atoms with Crippen LogP contribution in [0.25, 0.3) is 10.8 Å². The maximum absolute atomic E-state index is 14.8. The third kappa shape index (κ3) is 5.17. The number of anilines is 1. The van der Waals surface area contributed by atoms with Gasteiger partial charge in [0, 0.05) is 17.1 Å². The van der Waals surface area contributed by atoms with Crippen molar-refractivity contribution in [1.82, 2.24) is 10.2 Å². The number of ether oxygens (including phenoxy) is 2. The zero-order valence-electron chi connectivity index (χ0n) is 20.3. The van der Waals surface area contributed by atoms with E-state index < -0.39 is 35.8 Å². The zero-order chi connectivity index (χ0) is 26.9. The molecule has 1 aliphatic rings. The molecule has 1 aliphatic heterocycles. The molecule has 0 unspecified atom stereocenters. The highest BCUT2D eigenvalue weighted by molar-refractivity contribution is 9.10. The van der Waals surface area contributed by atoms with Crippen LogP contribution < -0.4 is 19.7 Å². The van der Waals surface area contributed by atoms with Crippen molar-refractivity contribution in [2.45, 2.75) is 25.6 Å². The number of likely N-dealkylation sites (N-methyl/N-ethyl adjacent to an activating group) is 1. The Hall–Kier alpha value is -3.86. The summed E-state index contributed by atoms with van der Waals surface area (Å²) in [5.41, 5.74) is 0.885. The molecule has 0 aliphatic carbocycles. The summed E-state index contributed by atoms with van der Waals surface area (Å²) in [6.07, 6.45) is -1.29. The fraction of sp³-hybridized carbons (Fsp3) is 0.269. The number of nitrogens with one attached hydrogen (secondary N) is 1. The van der Waals surface area contributed by atoms with Gasteiger partial charge in [0.1, 0.15) is 24.4 Å². The summed E-state index contributed by atoms with van der Waals surface area (Å²) in [5.74, 6) is -1.48. The molecular formula is C26H25BrFN3O6. The molecule has 194 valence electrons. The number of carbonyl (C=O) groups is 3. The number of carboxylic acid groups (broad SMARTS) is 1. The number of hydrogen-bond donors (Lipinski definition) is 2. The fourth-order valence-corrected chi connectivity index (χ4v) is 4.53. The average molecular weight is 574 g/mol. The molecule has 1 heterocycles. The minimum atomic E-state index is -1.29. The van der Waals surface area contributed by atoms with Crippen LogP contribution in [-0.2, 0) is 16.1 Å². The molecule has 0 radical (unpaired) electrons. The lowest BCUT2D eigenvalue weighted by molar-refractivity contribution is -0.130. The minimum Gasteiger partial charge on any atom is -0.496 e. The van der Waals surface area contributed by atoms with Crippen molar-refractivity contribution in [3.8, 4) is 11.5 Å². The molecule has 0 spiro atoms. The number of methoxy groups -OCH3 is 1. The topological polar surface area (TPSA) is 108 Å². The lowest BCUT2D eigenvalue weighted by Crippen LogP contribution is -2.55. The monoisotopic (exact) mass is 573 g/mol. The highest BCUT2D eigenvalue weighted by atomic mass is 79.9. The molecule has 0 fully saturated rings. The first kappa shape index (κ1) is 26.2. The molecule has 3 aromatic rings. The van der Waals surface area contributed by atoms with Crippen molar-refractivity contribution in [3.63, 3.8) is 0 Å². The van der Waals surface area contributed by atoms with E-state index >= 15 is 0 Å². The number of fused-ring (bicyclic) bond motifs is 2. The van der Waals surface area contributed by atoms with Crippen LogP contribution in [0.15, 0.2) is 53.0 Å². The fourth-order valence-electron chi connectivity index (χ4n) is 4.16. The third-order valence-electron chi connectivity index (χ3n) is 6.36. The van der Waals surface area contributed by atoms with Gasteiger partial charge in [-0.2, -0.15) is 0 Å². The molecule has 3 amide bonds. The van der Waals surface area contributed by atoms with Gasteiger partial charge in [-0.1, -0.05) is 34.1 Å². The van der Waals surface area contributed by atoms with Crippen LogP contribution in [0.3, 0.4) is 0 Å². The van der Waals surface area contributed by atoms with Gasteiger partial charge in [-0.25, -0.2) is 9.18 Å². The van der Waals surface area contributed by atoms with Crippen LogP contribution >= 0.6 is 15.9 Å². The lowest BCUT2D eigenvalue weighted by Gasteiger charge is -2.28. The third-order valence-corrected chi connectivity index (χ3v) is 6.85. The van der Waals surface area contributed by atoms with Gasteiger partial charge in [-0.3, -0.25) is 14.5 Å². The molecule has 0 aromatic heterocycles. The van der Waals surface area contributed by atoms with Crippen molar-refractivity contribution in [2.75, 3.05) is 25.7 Å². The number of amides is 3. The van der Waals surface area contributed by atoms with Gasteiger partial charge >= 0.3 is 6.09 Å². The van der Waals surface area contributed by atoms with Crippen LogP contribution in [0.2, 0.25) is 0 Å². The number of halogens is 2. The largest absolute Gasteiger partial charge is 0.496 e. The van der Waals surface area contributed by atoms with E-state index in [1.54, 1.807) is 12.1 Å². The van der Waals surface area contributed by atoms with E-state index in [-0.39, 0.29) is 24.6 Å². The van der Waals surface area contributed by atoms with Gasteiger partial charge in [0.15, 0.2) is 11.6 Å². The average Bonchev–Trinajstić information content (AvgIpc) is 3.00. The second kappa shape index (κ2) is 10.6. The molecule has 2 N–H and O–H groups in total. The maximum Gasteiger partial charge on any atom is 0.407 e. The van der Waals surface area contributed by atoms with E-state index in [9.17, 15) is 23.9 Å². The van der Waals surface area contributed by atoms with Crippen molar-refractivity contribution < 1.29 is 33.4 Å². The quantitative estimate of drug-likeness (QED) is 0.458. The summed E-state index contributed by atoms with van der Waals surface area (Å²) in [6, 6.07) is 11.4. The smallest absolute Gasteiger partial charge is 0.407 e. The van der Waals surface area contributed by atoms with Gasteiger partial charge in [0.2, 0.25) is 5.91 Å². The minimum absolute atomic E-state index is 0.00224. The summed E-state index contributed by atoms with van der Waals surface area (Å²) in [7, 11) is 2.77. The van der Waals surface area contributed by atoms with Crippen LogP contribution in [-0.4, -0.2) is 60.8 Å². The number of carbonyl (C=O) groups excluding carboxylic acids is 2. The van der Waals surface area contributed by atoms with Crippen LogP contribution in [0, 0.1) is 5.82 Å². The van der Waals surface area contributed by atoms with Gasteiger partial charge in [-0.05, 0) is 48.0 Å². The summed E-state index contributed by atoms with van der Waals surface area (Å²) in [5, 5.41) is 13.5. The Morgan fingerprint density at radius 1 is 1.30 bits per heavy atom. The predicted molar refractivity (Wildman–Crippen MR) is 138 cm³/mol. The summed E-state index contributed by atoms with van der Waals surface area (Å²) >= 11 is 3.47. The highest BCUT2D eigenvalue weighted by Gasteiger charge is 2.36. The molecule has 0 saturated carbocycles. The Balaban J connectivity index is 1.76. The van der Waals surface area contributed by atoms with Crippen LogP contribution in [0.4, 0.5) is 14.9 Å². The Labute approximate surface area is 220 Å². The van der Waals surface area contributed by atoms with Crippen molar-refractivity contribution >= 4 is 50.3 Å². The van der Waals surface area contributed by atoms with Crippen molar-refractivity contribution in [3.05, 3.63) is 64.4 Å². The number of nitrogens with zero attached hydrogens (tertiary/aromatic N) is 2. The molecule has 2 atom stereocenters. The Bertz CT molecular complexity index is 1380. The zero-order valence-corrected chi connectivity index (χ0v) is 21.9. The van der Waals surface area contributed by atoms with E-state index in [1.807, 2.05) is 24.3 Å².